The molecule has 174 valence electrons. The Morgan fingerprint density at radius 3 is 2.52 bits per heavy atom. The SMILES string of the molecule is COc1ccc(OC)c(-c2csc(N(CCC3CCCCC3)c3ccc(C(=O)O)cc3)n2)c1. The lowest BCUT2D eigenvalue weighted by Crippen LogP contribution is -2.22. The molecule has 0 unspecified atom stereocenters. The van der Waals surface area contributed by atoms with Crippen molar-refractivity contribution in [3.8, 4) is 22.8 Å². The lowest BCUT2D eigenvalue weighted by atomic mass is 9.87. The second kappa shape index (κ2) is 10.7. The molecule has 1 aliphatic rings. The molecule has 0 saturated heterocycles. The van der Waals surface area contributed by atoms with Crippen LogP contribution in [-0.2, 0) is 0 Å². The number of carboxylic acid groups (broad SMARTS) is 1. The lowest BCUT2D eigenvalue weighted by molar-refractivity contribution is 0.0697. The van der Waals surface area contributed by atoms with Crippen LogP contribution in [0, 0.1) is 5.92 Å². The van der Waals surface area contributed by atoms with Crippen molar-refractivity contribution in [3.05, 3.63) is 53.4 Å². The van der Waals surface area contributed by atoms with E-state index >= 15 is 0 Å². The largest absolute Gasteiger partial charge is 0.497 e. The first kappa shape index (κ1) is 23.1. The minimum absolute atomic E-state index is 0.284. The molecule has 1 fully saturated rings. The van der Waals surface area contributed by atoms with Crippen molar-refractivity contribution in [2.24, 2.45) is 5.92 Å². The number of aromatic carboxylic acids is 1. The first-order valence-electron chi connectivity index (χ1n) is 11.4. The zero-order valence-electron chi connectivity index (χ0n) is 19.1. The number of carbonyl (C=O) groups is 1. The van der Waals surface area contributed by atoms with E-state index in [1.807, 2.05) is 35.7 Å². The Kier molecular flexibility index (Phi) is 7.50. The number of benzene rings is 2. The number of rotatable bonds is 9. The van der Waals surface area contributed by atoms with Gasteiger partial charge in [-0.1, -0.05) is 32.1 Å². The van der Waals surface area contributed by atoms with Gasteiger partial charge in [0, 0.05) is 23.2 Å². The average molecular weight is 467 g/mol. The van der Waals surface area contributed by atoms with Gasteiger partial charge in [-0.25, -0.2) is 9.78 Å². The van der Waals surface area contributed by atoms with Crippen LogP contribution in [0.25, 0.3) is 11.3 Å². The molecule has 0 spiro atoms. The molecule has 1 saturated carbocycles. The van der Waals surface area contributed by atoms with Gasteiger partial charge in [0.15, 0.2) is 5.13 Å². The predicted octanol–water partition coefficient (Wildman–Crippen LogP) is 6.63. The maximum absolute atomic E-state index is 11.3. The van der Waals surface area contributed by atoms with E-state index in [9.17, 15) is 9.90 Å². The Labute approximate surface area is 198 Å². The molecule has 0 aliphatic heterocycles. The normalized spacial score (nSPS) is 14.1. The highest BCUT2D eigenvalue weighted by atomic mass is 32.1. The van der Waals surface area contributed by atoms with Crippen LogP contribution in [0.3, 0.4) is 0 Å². The number of nitrogens with zero attached hydrogens (tertiary/aromatic N) is 2. The summed E-state index contributed by atoms with van der Waals surface area (Å²) in [7, 11) is 3.30. The van der Waals surface area contributed by atoms with E-state index in [-0.39, 0.29) is 5.56 Å². The molecule has 1 aliphatic carbocycles. The number of carboxylic acids is 1. The molecule has 7 heteroatoms. The monoisotopic (exact) mass is 466 g/mol. The van der Waals surface area contributed by atoms with E-state index in [0.29, 0.717) is 0 Å². The van der Waals surface area contributed by atoms with Gasteiger partial charge in [0.25, 0.3) is 0 Å². The molecular formula is C26H30N2O4S. The van der Waals surface area contributed by atoms with E-state index in [1.54, 1.807) is 37.7 Å². The van der Waals surface area contributed by atoms with Gasteiger partial charge in [0.1, 0.15) is 11.5 Å². The molecule has 6 nitrogen and oxygen atoms in total. The van der Waals surface area contributed by atoms with E-state index in [4.69, 9.17) is 14.5 Å². The summed E-state index contributed by atoms with van der Waals surface area (Å²) in [4.78, 5) is 18.5. The molecule has 0 amide bonds. The van der Waals surface area contributed by atoms with Crippen LogP contribution in [0.4, 0.5) is 10.8 Å². The summed E-state index contributed by atoms with van der Waals surface area (Å²) in [6.45, 7) is 0.847. The van der Waals surface area contributed by atoms with E-state index in [2.05, 4.69) is 4.90 Å². The third-order valence-electron chi connectivity index (χ3n) is 6.32. The molecule has 0 atom stereocenters. The van der Waals surface area contributed by atoms with E-state index in [1.165, 1.54) is 32.1 Å². The third kappa shape index (κ3) is 5.47. The lowest BCUT2D eigenvalue weighted by Gasteiger charge is -2.27. The minimum atomic E-state index is -0.919. The molecule has 1 aromatic heterocycles. The van der Waals surface area contributed by atoms with Gasteiger partial charge in [-0.2, -0.15) is 0 Å². The second-order valence-electron chi connectivity index (χ2n) is 8.38. The fraction of sp³-hybridized carbons (Fsp3) is 0.385. The van der Waals surface area contributed by atoms with Crippen molar-refractivity contribution < 1.29 is 19.4 Å². The van der Waals surface area contributed by atoms with E-state index in [0.717, 1.165) is 52.5 Å². The van der Waals surface area contributed by atoms with Crippen LogP contribution in [0.2, 0.25) is 0 Å². The van der Waals surface area contributed by atoms with Gasteiger partial charge in [0.2, 0.25) is 0 Å². The maximum Gasteiger partial charge on any atom is 0.335 e. The third-order valence-corrected chi connectivity index (χ3v) is 7.18. The molecule has 0 bridgehead atoms. The molecule has 33 heavy (non-hydrogen) atoms. The molecule has 3 aromatic rings. The van der Waals surface area contributed by atoms with Crippen LogP contribution in [0.5, 0.6) is 11.5 Å². The standard InChI is InChI=1S/C26H30N2O4S/c1-31-21-12-13-24(32-2)22(16-21)23-17-33-26(27-23)28(15-14-18-6-4-3-5-7-18)20-10-8-19(9-11-20)25(29)30/h8-13,16-18H,3-7,14-15H2,1-2H3,(H,29,30). The molecular weight excluding hydrogens is 436 g/mol. The summed E-state index contributed by atoms with van der Waals surface area (Å²) < 4.78 is 11.0. The Balaban J connectivity index is 1.64. The molecule has 4 rings (SSSR count). The van der Waals surface area contributed by atoms with Crippen molar-refractivity contribution in [1.29, 1.82) is 0 Å². The molecule has 1 N–H and O–H groups in total. The topological polar surface area (TPSA) is 71.9 Å². The van der Waals surface area contributed by atoms with Gasteiger partial charge in [-0.15, -0.1) is 11.3 Å². The molecule has 1 heterocycles. The van der Waals surface area contributed by atoms with Crippen molar-refractivity contribution >= 4 is 28.1 Å². The highest BCUT2D eigenvalue weighted by Crippen LogP contribution is 2.38. The summed E-state index contributed by atoms with van der Waals surface area (Å²) in [5.74, 6) is 1.31. The van der Waals surface area contributed by atoms with Crippen LogP contribution in [0.15, 0.2) is 47.8 Å². The Bertz CT molecular complexity index is 1070. The van der Waals surface area contributed by atoms with Gasteiger partial charge in [0.05, 0.1) is 25.5 Å². The van der Waals surface area contributed by atoms with Crippen molar-refractivity contribution in [2.45, 2.75) is 38.5 Å². The fourth-order valence-electron chi connectivity index (χ4n) is 4.43. The number of methoxy groups -OCH3 is 2. The Morgan fingerprint density at radius 2 is 1.85 bits per heavy atom. The average Bonchev–Trinajstić information content (AvgIpc) is 3.34. The summed E-state index contributed by atoms with van der Waals surface area (Å²) >= 11 is 1.58. The number of hydrogen-bond acceptors (Lipinski definition) is 6. The van der Waals surface area contributed by atoms with Gasteiger partial charge in [-0.05, 0) is 54.8 Å². The van der Waals surface area contributed by atoms with Crippen molar-refractivity contribution in [3.63, 3.8) is 0 Å². The van der Waals surface area contributed by atoms with Gasteiger partial charge < -0.3 is 19.5 Å². The predicted molar refractivity (Wildman–Crippen MR) is 132 cm³/mol. The van der Waals surface area contributed by atoms with Gasteiger partial charge in [-0.3, -0.25) is 0 Å². The quantitative estimate of drug-likeness (QED) is 0.381. The molecule has 2 aromatic carbocycles. The minimum Gasteiger partial charge on any atom is -0.497 e. The van der Waals surface area contributed by atoms with Gasteiger partial charge >= 0.3 is 5.97 Å². The highest BCUT2D eigenvalue weighted by molar-refractivity contribution is 7.14. The number of hydrogen-bond donors (Lipinski definition) is 1. The van der Waals surface area contributed by atoms with Crippen molar-refractivity contribution in [1.82, 2.24) is 4.98 Å². The summed E-state index contributed by atoms with van der Waals surface area (Å²) in [6.07, 6.45) is 7.64. The van der Waals surface area contributed by atoms with E-state index < -0.39 is 5.97 Å². The summed E-state index contributed by atoms with van der Waals surface area (Å²) in [5, 5.41) is 12.2. The summed E-state index contributed by atoms with van der Waals surface area (Å²) in [6, 6.07) is 12.8. The van der Waals surface area contributed by atoms with Crippen LogP contribution < -0.4 is 14.4 Å². The number of thiazole rings is 1. The van der Waals surface area contributed by atoms with Crippen LogP contribution in [0.1, 0.15) is 48.9 Å². The second-order valence-corrected chi connectivity index (χ2v) is 9.21. The number of aromatic nitrogens is 1. The Morgan fingerprint density at radius 1 is 1.09 bits per heavy atom. The zero-order valence-corrected chi connectivity index (χ0v) is 19.9. The highest BCUT2D eigenvalue weighted by Gasteiger charge is 2.20. The number of ether oxygens (including phenoxy) is 2. The summed E-state index contributed by atoms with van der Waals surface area (Å²) in [5.41, 5.74) is 2.95. The molecule has 0 radical (unpaired) electrons. The maximum atomic E-state index is 11.3. The first-order chi connectivity index (χ1) is 16.1. The number of anilines is 2. The van der Waals surface area contributed by atoms with Crippen LogP contribution in [-0.4, -0.2) is 36.8 Å². The van der Waals surface area contributed by atoms with Crippen molar-refractivity contribution in [2.75, 3.05) is 25.7 Å². The van der Waals surface area contributed by atoms with Crippen LogP contribution >= 0.6 is 11.3 Å². The fourth-order valence-corrected chi connectivity index (χ4v) is 5.30. The smallest absolute Gasteiger partial charge is 0.335 e. The zero-order chi connectivity index (χ0) is 23.2. The first-order valence-corrected chi connectivity index (χ1v) is 12.3. The Hall–Kier alpha value is -3.06.